The molecule has 1 nitrogen and oxygen atoms in total. The molecule has 0 aromatic carbocycles. The van der Waals surface area contributed by atoms with Crippen molar-refractivity contribution in [2.75, 3.05) is 0 Å². The summed E-state index contributed by atoms with van der Waals surface area (Å²) < 4.78 is 2.94. The van der Waals surface area contributed by atoms with E-state index in [-0.39, 0.29) is 7.43 Å². The summed E-state index contributed by atoms with van der Waals surface area (Å²) in [5.74, 6) is 8.73. The van der Waals surface area contributed by atoms with Crippen molar-refractivity contribution < 1.29 is 17.2 Å². The Morgan fingerprint density at radius 2 is 1.58 bits per heavy atom. The van der Waals surface area contributed by atoms with Gasteiger partial charge in [-0.15, -0.1) is 6.58 Å². The van der Waals surface area contributed by atoms with Crippen LogP contribution in [0, 0.1) is 53.3 Å². The third kappa shape index (κ3) is 4.67. The van der Waals surface area contributed by atoms with Crippen LogP contribution in [0.3, 0.4) is 0 Å². The van der Waals surface area contributed by atoms with Crippen LogP contribution < -0.4 is 0 Å². The summed E-state index contributed by atoms with van der Waals surface area (Å²) in [5.41, 5.74) is 1.75. The summed E-state index contributed by atoms with van der Waals surface area (Å²) >= 11 is 1.87. The Morgan fingerprint density at radius 1 is 1.00 bits per heavy atom. The van der Waals surface area contributed by atoms with E-state index < -0.39 is 0 Å². The van der Waals surface area contributed by atoms with Gasteiger partial charge >= 0.3 is 28.9 Å². The first-order valence-corrected chi connectivity index (χ1v) is 10.8. The van der Waals surface area contributed by atoms with Crippen LogP contribution in [-0.2, 0) is 17.2 Å². The third-order valence-electron chi connectivity index (χ3n) is 8.36. The van der Waals surface area contributed by atoms with Gasteiger partial charge in [-0.05, 0) is 85.9 Å². The normalized spacial score (nSPS) is 45.8. The Hall–Kier alpha value is -0.0706. The van der Waals surface area contributed by atoms with Gasteiger partial charge in [-0.25, -0.2) is 0 Å². The molecule has 4 rings (SSSR count). The van der Waals surface area contributed by atoms with Gasteiger partial charge in [-0.2, -0.15) is 0 Å². The van der Waals surface area contributed by atoms with Gasteiger partial charge < -0.3 is 0 Å². The maximum atomic E-state index is 4.44. The van der Waals surface area contributed by atoms with E-state index in [0.29, 0.717) is 0 Å². The summed E-state index contributed by atoms with van der Waals surface area (Å²) in [4.78, 5) is 0. The van der Waals surface area contributed by atoms with Crippen LogP contribution in [0.2, 0.25) is 0 Å². The predicted octanol–water partition coefficient (Wildman–Crippen LogP) is 6.78. The Balaban J connectivity index is 0.000000219. The van der Waals surface area contributed by atoms with E-state index in [0.717, 1.165) is 53.3 Å². The Kier molecular flexibility index (Phi) is 9.65. The predicted molar refractivity (Wildman–Crippen MR) is 111 cm³/mol. The van der Waals surface area contributed by atoms with E-state index in [9.17, 15) is 0 Å². The van der Waals surface area contributed by atoms with Crippen LogP contribution in [0.5, 0.6) is 0 Å². The fourth-order valence-electron chi connectivity index (χ4n) is 6.36. The summed E-state index contributed by atoms with van der Waals surface area (Å²) in [6, 6.07) is 0. The molecule has 0 N–H and O–H groups in total. The first-order chi connectivity index (χ1) is 11.9. The topological polar surface area (TPSA) is 12.4 Å². The second-order valence-corrected chi connectivity index (χ2v) is 9.38. The van der Waals surface area contributed by atoms with Crippen LogP contribution >= 0.6 is 0 Å². The van der Waals surface area contributed by atoms with E-state index in [1.807, 2.05) is 17.2 Å². The van der Waals surface area contributed by atoms with Crippen molar-refractivity contribution in [3.63, 3.8) is 0 Å². The van der Waals surface area contributed by atoms with Gasteiger partial charge in [0.05, 0.1) is 0 Å². The number of hydrogen-bond acceptors (Lipinski definition) is 1. The van der Waals surface area contributed by atoms with Gasteiger partial charge in [0.25, 0.3) is 0 Å². The summed E-state index contributed by atoms with van der Waals surface area (Å²) in [5, 5.41) is 0. The zero-order valence-electron chi connectivity index (χ0n) is 16.9. The van der Waals surface area contributed by atoms with E-state index in [4.69, 9.17) is 0 Å². The van der Waals surface area contributed by atoms with Crippen molar-refractivity contribution in [3.8, 4) is 0 Å². The molecule has 9 unspecified atom stereocenters. The Labute approximate surface area is 174 Å². The van der Waals surface area contributed by atoms with Gasteiger partial charge in [0.1, 0.15) is 0 Å². The zero-order valence-corrected chi connectivity index (χ0v) is 18.3. The number of hydrogen-bond donors (Lipinski definition) is 0. The van der Waals surface area contributed by atoms with Gasteiger partial charge in [0, 0.05) is 0 Å². The molecule has 9 atom stereocenters. The van der Waals surface area contributed by atoms with Crippen LogP contribution in [0.25, 0.3) is 0 Å². The summed E-state index contributed by atoms with van der Waals surface area (Å²) in [6.45, 7) is 15.8. The molecule has 26 heavy (non-hydrogen) atoms. The molecule has 0 aromatic rings. The van der Waals surface area contributed by atoms with Crippen LogP contribution in [-0.4, -0.2) is 7.98 Å². The van der Waals surface area contributed by atoms with Gasteiger partial charge in [-0.1, -0.05) is 52.8 Å². The van der Waals surface area contributed by atoms with Gasteiger partial charge in [-0.3, -0.25) is 0 Å². The molecule has 0 spiro atoms. The minimum absolute atomic E-state index is 0. The molecule has 4 bridgehead atoms. The zero-order chi connectivity index (χ0) is 18.7. The van der Waals surface area contributed by atoms with Crippen molar-refractivity contribution in [2.24, 2.45) is 57.0 Å². The van der Waals surface area contributed by atoms with Crippen LogP contribution in [0.15, 0.2) is 28.0 Å². The molecular formula is C23H40BNV. The fourth-order valence-corrected chi connectivity index (χ4v) is 6.36. The molecule has 0 amide bonds. The van der Waals surface area contributed by atoms with E-state index in [1.54, 1.807) is 5.57 Å². The average Bonchev–Trinajstić information content (AvgIpc) is 3.33. The quantitative estimate of drug-likeness (QED) is 0.344. The minimum atomic E-state index is 0. The molecule has 4 aliphatic carbocycles. The van der Waals surface area contributed by atoms with Crippen molar-refractivity contribution >= 4 is 7.98 Å². The van der Waals surface area contributed by atoms with Crippen molar-refractivity contribution in [3.05, 3.63) is 24.3 Å². The number of rotatable bonds is 1. The Morgan fingerprint density at radius 3 is 1.96 bits per heavy atom. The van der Waals surface area contributed by atoms with Crippen LogP contribution in [0.1, 0.15) is 67.7 Å². The first-order valence-electron chi connectivity index (χ1n) is 10.2. The summed E-state index contributed by atoms with van der Waals surface area (Å²) in [7, 11) is 4.44. The molecule has 0 aromatic heterocycles. The molecule has 3 heteroatoms. The molecule has 4 saturated carbocycles. The Bertz CT molecular complexity index is 498. The van der Waals surface area contributed by atoms with Crippen molar-refractivity contribution in [1.82, 2.24) is 0 Å². The van der Waals surface area contributed by atoms with Crippen LogP contribution in [0.4, 0.5) is 0 Å². The van der Waals surface area contributed by atoms with Gasteiger partial charge in [0.15, 0.2) is 0 Å². The SMILES string of the molecule is C.C/C=C1\CC2CC1C(C)C2C.C=CC1CC2CC1C(C)C2C.[B][N]=[V]. The summed E-state index contributed by atoms with van der Waals surface area (Å²) in [6.07, 6.45) is 10.4. The molecule has 0 saturated heterocycles. The fraction of sp³-hybridized carbons (Fsp3) is 0.826. The second-order valence-electron chi connectivity index (χ2n) is 9.02. The number of allylic oxidation sites excluding steroid dienone is 3. The molecule has 4 fully saturated rings. The maximum absolute atomic E-state index is 4.44. The average molecular weight is 392 g/mol. The standard InChI is InChI=1S/2C11H18.CH4.BN.V/c2*1-4-9-5-10-6-11(9)8(3)7(10)2;;1-2;/h4,7-8,10-11H,5-6H2,1-3H3;4,7-11H,1,5-6H2,2-3H3;1H4;;/b9-4+;;;;. The number of nitrogens with zero attached hydrogens (tertiary/aromatic N) is 1. The van der Waals surface area contributed by atoms with E-state index >= 15 is 0 Å². The second kappa shape index (κ2) is 10.5. The molecule has 145 valence electrons. The molecule has 2 radical (unpaired) electrons. The van der Waals surface area contributed by atoms with Gasteiger partial charge in [0.2, 0.25) is 0 Å². The van der Waals surface area contributed by atoms with Crippen molar-refractivity contribution in [2.45, 2.75) is 67.7 Å². The third-order valence-corrected chi connectivity index (χ3v) is 8.36. The molecule has 4 aliphatic rings. The molecular weight excluding hydrogens is 352 g/mol. The van der Waals surface area contributed by atoms with E-state index in [2.05, 4.69) is 65.0 Å². The number of fused-ring (bicyclic) bond motifs is 4. The molecule has 0 aliphatic heterocycles. The first kappa shape index (κ1) is 24.0. The van der Waals surface area contributed by atoms with E-state index in [1.165, 1.54) is 25.7 Å². The molecule has 0 heterocycles. The van der Waals surface area contributed by atoms with Crippen molar-refractivity contribution in [1.29, 1.82) is 0 Å². The monoisotopic (exact) mass is 392 g/mol.